The van der Waals surface area contributed by atoms with Crippen LogP contribution in [0.4, 0.5) is 0 Å². The van der Waals surface area contributed by atoms with Gasteiger partial charge in [-0.15, -0.1) is 0 Å². The van der Waals surface area contributed by atoms with Crippen LogP contribution in [0, 0.1) is 0 Å². The first-order valence-electron chi connectivity index (χ1n) is 7.92. The molecule has 0 saturated heterocycles. The lowest BCUT2D eigenvalue weighted by Crippen LogP contribution is -2.28. The van der Waals surface area contributed by atoms with Crippen molar-refractivity contribution in [3.05, 3.63) is 78.9 Å². The van der Waals surface area contributed by atoms with Gasteiger partial charge in [0.05, 0.1) is 4.90 Å². The third-order valence-electron chi connectivity index (χ3n) is 3.79. The maximum Gasteiger partial charge on any atom is 0.240 e. The molecule has 3 rings (SSSR count). The second-order valence-electron chi connectivity index (χ2n) is 5.53. The third kappa shape index (κ3) is 4.26. The number of sulfonamides is 1. The normalized spacial score (nSPS) is 11.4. The zero-order chi connectivity index (χ0) is 17.7. The molecule has 0 heterocycles. The summed E-state index contributed by atoms with van der Waals surface area (Å²) in [4.78, 5) is 0.218. The quantitative estimate of drug-likeness (QED) is 0.657. The lowest BCUT2D eigenvalue weighted by atomic mass is 10.1. The molecule has 3 aromatic rings. The van der Waals surface area contributed by atoms with Crippen LogP contribution in [-0.4, -0.2) is 21.6 Å². The van der Waals surface area contributed by atoms with Gasteiger partial charge in [0.2, 0.25) is 10.0 Å². The molecule has 0 aromatic heterocycles. The Morgan fingerprint density at radius 1 is 0.960 bits per heavy atom. The molecule has 0 aliphatic rings. The topological polar surface area (TPSA) is 55.4 Å². The molecule has 0 spiro atoms. The van der Waals surface area contributed by atoms with E-state index in [-0.39, 0.29) is 18.0 Å². The molecule has 1 N–H and O–H groups in total. The van der Waals surface area contributed by atoms with E-state index in [1.54, 1.807) is 30.3 Å². The van der Waals surface area contributed by atoms with Gasteiger partial charge in [-0.1, -0.05) is 55.1 Å². The molecular formula is C20H19NO3S. The van der Waals surface area contributed by atoms with E-state index < -0.39 is 10.0 Å². The second-order valence-corrected chi connectivity index (χ2v) is 7.30. The zero-order valence-electron chi connectivity index (χ0n) is 13.7. The predicted molar refractivity (Wildman–Crippen MR) is 101 cm³/mol. The van der Waals surface area contributed by atoms with Crippen molar-refractivity contribution >= 4 is 26.9 Å². The van der Waals surface area contributed by atoms with E-state index in [2.05, 4.69) is 11.3 Å². The fourth-order valence-corrected chi connectivity index (χ4v) is 3.56. The Bertz CT molecular complexity index is 997. The van der Waals surface area contributed by atoms with E-state index in [4.69, 9.17) is 4.74 Å². The summed E-state index contributed by atoms with van der Waals surface area (Å²) in [6, 6.07) is 20.4. The fourth-order valence-electron chi connectivity index (χ4n) is 2.49. The van der Waals surface area contributed by atoms with Gasteiger partial charge in [0, 0.05) is 6.54 Å². The molecule has 3 aromatic carbocycles. The highest BCUT2D eigenvalue weighted by Crippen LogP contribution is 2.20. The number of hydrogen-bond donors (Lipinski definition) is 1. The largest absolute Gasteiger partial charge is 0.492 e. The number of nitrogens with one attached hydrogen (secondary N) is 1. The summed E-state index contributed by atoms with van der Waals surface area (Å²) >= 11 is 0. The van der Waals surface area contributed by atoms with Crippen LogP contribution in [0.15, 0.2) is 78.2 Å². The van der Waals surface area contributed by atoms with Gasteiger partial charge in [0.25, 0.3) is 0 Å². The highest BCUT2D eigenvalue weighted by Gasteiger charge is 2.13. The molecule has 0 bridgehead atoms. The van der Waals surface area contributed by atoms with Gasteiger partial charge in [0.15, 0.2) is 0 Å². The van der Waals surface area contributed by atoms with Crippen molar-refractivity contribution in [2.45, 2.75) is 4.90 Å². The standard InChI is InChI=1S/C20H19NO3S/c1-2-16-6-5-9-20(14-16)25(22,23)21-12-13-24-19-11-10-17-7-3-4-8-18(17)15-19/h2-11,14-15,21H,1,12-13H2. The smallest absolute Gasteiger partial charge is 0.240 e. The van der Waals surface area contributed by atoms with Crippen molar-refractivity contribution in [3.8, 4) is 5.75 Å². The number of rotatable bonds is 7. The highest BCUT2D eigenvalue weighted by atomic mass is 32.2. The number of fused-ring (bicyclic) bond motifs is 1. The second kappa shape index (κ2) is 7.51. The van der Waals surface area contributed by atoms with Crippen molar-refractivity contribution in [2.75, 3.05) is 13.2 Å². The highest BCUT2D eigenvalue weighted by molar-refractivity contribution is 7.89. The molecule has 0 aliphatic heterocycles. The van der Waals surface area contributed by atoms with E-state index in [9.17, 15) is 8.42 Å². The molecule has 0 aliphatic carbocycles. The Hall–Kier alpha value is -2.63. The minimum Gasteiger partial charge on any atom is -0.492 e. The molecule has 0 atom stereocenters. The van der Waals surface area contributed by atoms with Crippen LogP contribution < -0.4 is 9.46 Å². The molecule has 25 heavy (non-hydrogen) atoms. The van der Waals surface area contributed by atoms with Crippen LogP contribution >= 0.6 is 0 Å². The molecule has 0 saturated carbocycles. The molecule has 0 fully saturated rings. The molecule has 0 unspecified atom stereocenters. The average Bonchev–Trinajstić information content (AvgIpc) is 2.65. The zero-order valence-corrected chi connectivity index (χ0v) is 14.5. The van der Waals surface area contributed by atoms with E-state index in [1.165, 1.54) is 0 Å². The third-order valence-corrected chi connectivity index (χ3v) is 5.25. The van der Waals surface area contributed by atoms with Crippen molar-refractivity contribution in [1.82, 2.24) is 4.72 Å². The van der Waals surface area contributed by atoms with Gasteiger partial charge >= 0.3 is 0 Å². The van der Waals surface area contributed by atoms with E-state index >= 15 is 0 Å². The van der Waals surface area contributed by atoms with Gasteiger partial charge in [-0.2, -0.15) is 0 Å². The monoisotopic (exact) mass is 353 g/mol. The predicted octanol–water partition coefficient (Wildman–Crippen LogP) is 3.84. The van der Waals surface area contributed by atoms with Gasteiger partial charge in [0.1, 0.15) is 12.4 Å². The van der Waals surface area contributed by atoms with Gasteiger partial charge < -0.3 is 4.74 Å². The summed E-state index contributed by atoms with van der Waals surface area (Å²) in [6.45, 7) is 4.09. The lowest BCUT2D eigenvalue weighted by molar-refractivity contribution is 0.323. The van der Waals surface area contributed by atoms with Crippen LogP contribution in [0.25, 0.3) is 16.8 Å². The van der Waals surface area contributed by atoms with Gasteiger partial charge in [-0.25, -0.2) is 13.1 Å². The van der Waals surface area contributed by atoms with E-state index in [0.717, 1.165) is 16.3 Å². The average molecular weight is 353 g/mol. The molecule has 128 valence electrons. The lowest BCUT2D eigenvalue weighted by Gasteiger charge is -2.10. The Morgan fingerprint density at radius 3 is 2.56 bits per heavy atom. The van der Waals surface area contributed by atoms with Gasteiger partial charge in [-0.3, -0.25) is 0 Å². The van der Waals surface area contributed by atoms with Gasteiger partial charge in [-0.05, 0) is 40.6 Å². The Morgan fingerprint density at radius 2 is 1.76 bits per heavy atom. The summed E-state index contributed by atoms with van der Waals surface area (Å²) in [6.07, 6.45) is 1.61. The Labute approximate surface area is 147 Å². The minimum atomic E-state index is -3.56. The molecule has 0 amide bonds. The van der Waals surface area contributed by atoms with Crippen molar-refractivity contribution in [3.63, 3.8) is 0 Å². The summed E-state index contributed by atoms with van der Waals surface area (Å²) in [7, 11) is -3.56. The maximum atomic E-state index is 12.3. The maximum absolute atomic E-state index is 12.3. The number of ether oxygens (including phenoxy) is 1. The minimum absolute atomic E-state index is 0.188. The summed E-state index contributed by atoms with van der Waals surface area (Å²) < 4.78 is 32.8. The summed E-state index contributed by atoms with van der Waals surface area (Å²) in [5, 5.41) is 2.22. The first-order chi connectivity index (χ1) is 12.1. The molecular weight excluding hydrogens is 334 g/mol. The molecule has 0 radical (unpaired) electrons. The van der Waals surface area contributed by atoms with Crippen molar-refractivity contribution in [1.29, 1.82) is 0 Å². The number of benzene rings is 3. The number of hydrogen-bond acceptors (Lipinski definition) is 3. The summed E-state index contributed by atoms with van der Waals surface area (Å²) in [5.74, 6) is 0.714. The molecule has 5 heteroatoms. The Balaban J connectivity index is 1.58. The first-order valence-corrected chi connectivity index (χ1v) is 9.40. The fraction of sp³-hybridized carbons (Fsp3) is 0.100. The Kier molecular flexibility index (Phi) is 5.16. The van der Waals surface area contributed by atoms with Crippen molar-refractivity contribution in [2.24, 2.45) is 0 Å². The van der Waals surface area contributed by atoms with Crippen LogP contribution in [0.1, 0.15) is 5.56 Å². The van der Waals surface area contributed by atoms with Crippen LogP contribution in [0.2, 0.25) is 0 Å². The summed E-state index contributed by atoms with van der Waals surface area (Å²) in [5.41, 5.74) is 0.760. The first kappa shape index (κ1) is 17.2. The molecule has 4 nitrogen and oxygen atoms in total. The van der Waals surface area contributed by atoms with E-state index in [1.807, 2.05) is 42.5 Å². The SMILES string of the molecule is C=Cc1cccc(S(=O)(=O)NCCOc2ccc3ccccc3c2)c1. The van der Waals surface area contributed by atoms with E-state index in [0.29, 0.717) is 5.75 Å². The van der Waals surface area contributed by atoms with Crippen LogP contribution in [-0.2, 0) is 10.0 Å². The van der Waals surface area contributed by atoms with Crippen LogP contribution in [0.3, 0.4) is 0 Å². The van der Waals surface area contributed by atoms with Crippen molar-refractivity contribution < 1.29 is 13.2 Å². The van der Waals surface area contributed by atoms with Crippen LogP contribution in [0.5, 0.6) is 5.75 Å².